The molecule has 33 heavy (non-hydrogen) atoms. The van der Waals surface area contributed by atoms with E-state index in [2.05, 4.69) is 0 Å². The molecule has 174 valence electrons. The zero-order valence-corrected chi connectivity index (χ0v) is 19.5. The van der Waals surface area contributed by atoms with Crippen molar-refractivity contribution >= 4 is 15.9 Å². The van der Waals surface area contributed by atoms with E-state index in [0.717, 1.165) is 17.1 Å². The summed E-state index contributed by atoms with van der Waals surface area (Å²) in [5.74, 6) is 2.19. The molecule has 3 aromatic rings. The minimum atomic E-state index is -3.60. The molecule has 0 N–H and O–H groups in total. The Morgan fingerprint density at radius 1 is 0.939 bits per heavy atom. The monoisotopic (exact) mass is 468 g/mol. The van der Waals surface area contributed by atoms with Gasteiger partial charge >= 0.3 is 0 Å². The second kappa shape index (κ2) is 10.2. The summed E-state index contributed by atoms with van der Waals surface area (Å²) in [6.45, 7) is 3.71. The summed E-state index contributed by atoms with van der Waals surface area (Å²) in [5.41, 5.74) is 1.000. The first-order valence-corrected chi connectivity index (χ1v) is 12.6. The van der Waals surface area contributed by atoms with Gasteiger partial charge < -0.3 is 14.1 Å². The number of furan rings is 1. The summed E-state index contributed by atoms with van der Waals surface area (Å²) in [4.78, 5) is 14.6. The molecule has 4 rings (SSSR count). The number of benzene rings is 2. The first kappa shape index (κ1) is 23.1. The normalized spacial score (nSPS) is 14.9. The van der Waals surface area contributed by atoms with Gasteiger partial charge in [0.05, 0.1) is 11.5 Å². The first-order chi connectivity index (χ1) is 16.0. The number of rotatable bonds is 8. The summed E-state index contributed by atoms with van der Waals surface area (Å²) in [5, 5.41) is 0. The van der Waals surface area contributed by atoms with Crippen molar-refractivity contribution < 1.29 is 22.4 Å². The lowest BCUT2D eigenvalue weighted by molar-refractivity contribution is -0.132. The molecule has 0 radical (unpaired) electrons. The number of hydrogen-bond acceptors (Lipinski definition) is 5. The summed E-state index contributed by atoms with van der Waals surface area (Å²) in [7, 11) is -3.60. The molecular weight excluding hydrogens is 440 g/mol. The molecule has 1 amide bonds. The molecule has 2 heterocycles. The summed E-state index contributed by atoms with van der Waals surface area (Å²) >= 11 is 0. The van der Waals surface area contributed by atoms with Gasteiger partial charge in [-0.3, -0.25) is 4.79 Å². The lowest BCUT2D eigenvalue weighted by Gasteiger charge is -2.34. The molecule has 7 nitrogen and oxygen atoms in total. The zero-order chi connectivity index (χ0) is 23.3. The maximum Gasteiger partial charge on any atom is 0.243 e. The molecule has 0 saturated carbocycles. The Morgan fingerprint density at radius 3 is 2.30 bits per heavy atom. The van der Waals surface area contributed by atoms with E-state index in [9.17, 15) is 13.2 Å². The number of nitrogens with zero attached hydrogens (tertiary/aromatic N) is 2. The number of piperazine rings is 1. The fraction of sp³-hybridized carbons (Fsp3) is 0.320. The highest BCUT2D eigenvalue weighted by Gasteiger charge is 2.30. The van der Waals surface area contributed by atoms with E-state index in [-0.39, 0.29) is 23.9 Å². The molecule has 0 aliphatic carbocycles. The number of ether oxygens (including phenoxy) is 1. The number of aryl methyl sites for hydroxylation is 1. The largest absolute Gasteiger partial charge is 0.494 e. The Balaban J connectivity index is 1.28. The Morgan fingerprint density at radius 2 is 1.64 bits per heavy atom. The Bertz CT molecular complexity index is 1170. The minimum Gasteiger partial charge on any atom is -0.494 e. The third-order valence-corrected chi connectivity index (χ3v) is 7.58. The van der Waals surface area contributed by atoms with Crippen molar-refractivity contribution in [2.24, 2.45) is 0 Å². The maximum atomic E-state index is 12.9. The van der Waals surface area contributed by atoms with Crippen molar-refractivity contribution in [3.05, 3.63) is 72.5 Å². The standard InChI is InChI=1S/C25H28N2O5S/c1-2-31-21-8-12-23(13-9-21)33(29,30)27-18-16-26(17-19-27)25(28)15-11-22-10-14-24(32-22)20-6-4-3-5-7-20/h3-10,12-14H,2,11,15-19H2,1H3. The van der Waals surface area contributed by atoms with E-state index in [4.69, 9.17) is 9.15 Å². The number of sulfonamides is 1. The van der Waals surface area contributed by atoms with E-state index in [1.807, 2.05) is 49.4 Å². The third kappa shape index (κ3) is 5.46. The van der Waals surface area contributed by atoms with Crippen LogP contribution in [0, 0.1) is 0 Å². The lowest BCUT2D eigenvalue weighted by Crippen LogP contribution is -2.50. The molecule has 1 aliphatic heterocycles. The molecule has 1 saturated heterocycles. The maximum absolute atomic E-state index is 12.9. The van der Waals surface area contributed by atoms with Gasteiger partial charge in [-0.25, -0.2) is 8.42 Å². The Labute approximate surface area is 194 Å². The fourth-order valence-electron chi connectivity index (χ4n) is 3.86. The van der Waals surface area contributed by atoms with Crippen molar-refractivity contribution in [3.63, 3.8) is 0 Å². The molecule has 0 bridgehead atoms. The fourth-order valence-corrected chi connectivity index (χ4v) is 5.28. The van der Waals surface area contributed by atoms with E-state index in [1.165, 1.54) is 4.31 Å². The highest BCUT2D eigenvalue weighted by molar-refractivity contribution is 7.89. The Hall–Kier alpha value is -3.10. The molecule has 0 unspecified atom stereocenters. The van der Waals surface area contributed by atoms with Crippen molar-refractivity contribution in [2.75, 3.05) is 32.8 Å². The number of carbonyl (C=O) groups excluding carboxylic acids is 1. The van der Waals surface area contributed by atoms with Crippen LogP contribution in [-0.2, 0) is 21.2 Å². The molecule has 1 fully saturated rings. The average Bonchev–Trinajstić information content (AvgIpc) is 3.33. The van der Waals surface area contributed by atoms with Crippen LogP contribution >= 0.6 is 0 Å². The van der Waals surface area contributed by atoms with Gasteiger partial charge in [0.1, 0.15) is 17.3 Å². The van der Waals surface area contributed by atoms with Crippen LogP contribution in [0.1, 0.15) is 19.1 Å². The lowest BCUT2D eigenvalue weighted by atomic mass is 10.2. The van der Waals surface area contributed by atoms with Crippen molar-refractivity contribution in [3.8, 4) is 17.1 Å². The minimum absolute atomic E-state index is 0.00535. The van der Waals surface area contributed by atoms with Crippen molar-refractivity contribution in [1.82, 2.24) is 9.21 Å². The Kier molecular flexibility index (Phi) is 7.15. The molecule has 1 aliphatic rings. The van der Waals surface area contributed by atoms with Gasteiger partial charge in [-0.05, 0) is 43.3 Å². The molecule has 8 heteroatoms. The zero-order valence-electron chi connectivity index (χ0n) is 18.6. The van der Waals surface area contributed by atoms with Gasteiger partial charge in [-0.1, -0.05) is 30.3 Å². The molecule has 0 atom stereocenters. The second-order valence-electron chi connectivity index (χ2n) is 7.82. The number of carbonyl (C=O) groups is 1. The van der Waals surface area contributed by atoms with Crippen LogP contribution < -0.4 is 4.74 Å². The predicted molar refractivity (Wildman–Crippen MR) is 125 cm³/mol. The van der Waals surface area contributed by atoms with Gasteiger partial charge in [0.2, 0.25) is 15.9 Å². The van der Waals surface area contributed by atoms with E-state index >= 15 is 0 Å². The first-order valence-electron chi connectivity index (χ1n) is 11.1. The average molecular weight is 469 g/mol. The van der Waals surface area contributed by atoms with E-state index < -0.39 is 10.0 Å². The highest BCUT2D eigenvalue weighted by atomic mass is 32.2. The van der Waals surface area contributed by atoms with Crippen molar-refractivity contribution in [1.29, 1.82) is 0 Å². The van der Waals surface area contributed by atoms with Crippen LogP contribution in [0.25, 0.3) is 11.3 Å². The van der Waals surface area contributed by atoms with E-state index in [0.29, 0.717) is 38.3 Å². The summed E-state index contributed by atoms with van der Waals surface area (Å²) in [6.07, 6.45) is 0.837. The number of amides is 1. The van der Waals surface area contributed by atoms with Crippen LogP contribution in [0.2, 0.25) is 0 Å². The SMILES string of the molecule is CCOc1ccc(S(=O)(=O)N2CCN(C(=O)CCc3ccc(-c4ccccc4)o3)CC2)cc1. The van der Waals surface area contributed by atoms with E-state index in [1.54, 1.807) is 29.2 Å². The van der Waals surface area contributed by atoms with Crippen LogP contribution in [0.15, 0.2) is 76.0 Å². The van der Waals surface area contributed by atoms with Crippen LogP contribution in [-0.4, -0.2) is 56.3 Å². The molecular formula is C25H28N2O5S. The molecule has 1 aromatic heterocycles. The number of hydrogen-bond donors (Lipinski definition) is 0. The van der Waals surface area contributed by atoms with Gasteiger partial charge in [0.15, 0.2) is 0 Å². The van der Waals surface area contributed by atoms with Crippen LogP contribution in [0.4, 0.5) is 0 Å². The second-order valence-corrected chi connectivity index (χ2v) is 9.76. The molecule has 2 aromatic carbocycles. The highest BCUT2D eigenvalue weighted by Crippen LogP contribution is 2.23. The van der Waals surface area contributed by atoms with Gasteiger partial charge in [0.25, 0.3) is 0 Å². The topological polar surface area (TPSA) is 80.1 Å². The summed E-state index contributed by atoms with van der Waals surface area (Å²) < 4.78 is 38.6. The third-order valence-electron chi connectivity index (χ3n) is 5.67. The molecule has 0 spiro atoms. The van der Waals surface area contributed by atoms with Crippen LogP contribution in [0.5, 0.6) is 5.75 Å². The van der Waals surface area contributed by atoms with Crippen LogP contribution in [0.3, 0.4) is 0 Å². The van der Waals surface area contributed by atoms with Crippen molar-refractivity contribution in [2.45, 2.75) is 24.7 Å². The van der Waals surface area contributed by atoms with Gasteiger partial charge in [-0.2, -0.15) is 4.31 Å². The summed E-state index contributed by atoms with van der Waals surface area (Å²) in [6, 6.07) is 20.1. The quantitative estimate of drug-likeness (QED) is 0.502. The predicted octanol–water partition coefficient (Wildman–Crippen LogP) is 3.81. The smallest absolute Gasteiger partial charge is 0.243 e. The van der Waals surface area contributed by atoms with Gasteiger partial charge in [0, 0.05) is 44.6 Å². The van der Waals surface area contributed by atoms with Gasteiger partial charge in [-0.15, -0.1) is 0 Å².